The highest BCUT2D eigenvalue weighted by atomic mass is 19.4. The van der Waals surface area contributed by atoms with Crippen LogP contribution in [0.1, 0.15) is 23.6 Å². The first-order chi connectivity index (χ1) is 14.8. The van der Waals surface area contributed by atoms with E-state index in [-0.39, 0.29) is 18.2 Å². The van der Waals surface area contributed by atoms with Crippen molar-refractivity contribution in [1.29, 1.82) is 0 Å². The van der Waals surface area contributed by atoms with E-state index in [4.69, 9.17) is 4.74 Å². The largest absolute Gasteiger partial charge is 0.416 e. The number of nitrogens with zero attached hydrogens (tertiary/aromatic N) is 2. The van der Waals surface area contributed by atoms with Crippen LogP contribution in [0, 0.1) is 5.41 Å². The third kappa shape index (κ3) is 4.49. The Hall–Kier alpha value is -3.13. The molecule has 2 aromatic heterocycles. The average Bonchev–Trinajstić information content (AvgIpc) is 3.15. The van der Waals surface area contributed by atoms with Gasteiger partial charge in [0, 0.05) is 30.3 Å². The third-order valence-corrected chi connectivity index (χ3v) is 5.56. The molecule has 31 heavy (non-hydrogen) atoms. The number of nitrogens with one attached hydrogen (secondary N) is 2. The zero-order valence-electron chi connectivity index (χ0n) is 17.2. The molecule has 1 aliphatic rings. The van der Waals surface area contributed by atoms with Gasteiger partial charge in [-0.3, -0.25) is 4.99 Å². The molecule has 3 heterocycles. The number of fused-ring (bicyclic) bond motifs is 1. The Kier molecular flexibility index (Phi) is 5.58. The number of aromatic amines is 1. The molecule has 0 aliphatic carbocycles. The van der Waals surface area contributed by atoms with Gasteiger partial charge in [0.2, 0.25) is 0 Å². The molecule has 4 rings (SSSR count). The van der Waals surface area contributed by atoms with Crippen LogP contribution in [-0.2, 0) is 23.9 Å². The predicted octanol–water partition coefficient (Wildman–Crippen LogP) is 4.86. The van der Waals surface area contributed by atoms with Gasteiger partial charge >= 0.3 is 6.18 Å². The first-order valence-electron chi connectivity index (χ1n) is 9.89. The van der Waals surface area contributed by atoms with Crippen LogP contribution in [0.3, 0.4) is 0 Å². The summed E-state index contributed by atoms with van der Waals surface area (Å²) in [5, 5.41) is 4.37. The van der Waals surface area contributed by atoms with Crippen LogP contribution in [0.15, 0.2) is 65.9 Å². The molecule has 0 saturated heterocycles. The van der Waals surface area contributed by atoms with Gasteiger partial charge in [0.25, 0.3) is 0 Å². The van der Waals surface area contributed by atoms with Crippen LogP contribution in [0.25, 0.3) is 11.0 Å². The van der Waals surface area contributed by atoms with Gasteiger partial charge in [-0.25, -0.2) is 4.98 Å². The van der Waals surface area contributed by atoms with E-state index < -0.39 is 11.7 Å². The maximum Gasteiger partial charge on any atom is 0.416 e. The Balaban J connectivity index is 1.50. The Labute approximate surface area is 178 Å². The number of amidine groups is 1. The normalized spacial score (nSPS) is 22.7. The number of rotatable bonds is 5. The first-order valence-corrected chi connectivity index (χ1v) is 9.89. The molecule has 0 radical (unpaired) electrons. The van der Waals surface area contributed by atoms with Crippen LogP contribution in [0.2, 0.25) is 0 Å². The molecule has 3 aromatic rings. The van der Waals surface area contributed by atoms with Gasteiger partial charge < -0.3 is 15.0 Å². The number of ether oxygens (including phenoxy) is 1. The average molecular weight is 428 g/mol. The number of hydrogen-bond acceptors (Lipinski definition) is 3. The fourth-order valence-electron chi connectivity index (χ4n) is 3.83. The van der Waals surface area contributed by atoms with Gasteiger partial charge in [-0.15, -0.1) is 0 Å². The molecule has 2 atom stereocenters. The highest BCUT2D eigenvalue weighted by Crippen LogP contribution is 2.34. The summed E-state index contributed by atoms with van der Waals surface area (Å²) in [7, 11) is 1.64. The summed E-state index contributed by atoms with van der Waals surface area (Å²) >= 11 is 0. The molecule has 0 fully saturated rings. The summed E-state index contributed by atoms with van der Waals surface area (Å²) in [4.78, 5) is 12.0. The predicted molar refractivity (Wildman–Crippen MR) is 114 cm³/mol. The Morgan fingerprint density at radius 3 is 2.68 bits per heavy atom. The van der Waals surface area contributed by atoms with E-state index in [0.29, 0.717) is 11.4 Å². The van der Waals surface area contributed by atoms with Crippen molar-refractivity contribution in [2.45, 2.75) is 32.3 Å². The van der Waals surface area contributed by atoms with E-state index in [2.05, 4.69) is 33.3 Å². The molecule has 0 amide bonds. The van der Waals surface area contributed by atoms with Crippen molar-refractivity contribution in [2.24, 2.45) is 10.4 Å². The van der Waals surface area contributed by atoms with Gasteiger partial charge in [-0.05, 0) is 47.9 Å². The molecule has 5 nitrogen and oxygen atoms in total. The second-order valence-corrected chi connectivity index (χ2v) is 7.89. The molecule has 162 valence electrons. The second-order valence-electron chi connectivity index (χ2n) is 7.89. The minimum absolute atomic E-state index is 0.270. The Bertz CT molecular complexity index is 1120. The maximum atomic E-state index is 12.7. The second kappa shape index (κ2) is 8.19. The molecule has 0 spiro atoms. The highest BCUT2D eigenvalue weighted by Gasteiger charge is 2.36. The van der Waals surface area contributed by atoms with Crippen LogP contribution >= 0.6 is 0 Å². The lowest BCUT2D eigenvalue weighted by atomic mass is 9.79. The van der Waals surface area contributed by atoms with Crippen molar-refractivity contribution in [1.82, 2.24) is 15.3 Å². The van der Waals surface area contributed by atoms with Gasteiger partial charge in [0.1, 0.15) is 17.7 Å². The van der Waals surface area contributed by atoms with Crippen molar-refractivity contribution in [3.63, 3.8) is 0 Å². The third-order valence-electron chi connectivity index (χ3n) is 5.56. The van der Waals surface area contributed by atoms with E-state index in [1.165, 1.54) is 12.1 Å². The topological polar surface area (TPSA) is 62.3 Å². The summed E-state index contributed by atoms with van der Waals surface area (Å²) in [6, 6.07) is 8.99. The molecule has 1 aliphatic heterocycles. The fraction of sp³-hybridized carbons (Fsp3) is 0.304. The lowest BCUT2D eigenvalue weighted by molar-refractivity contribution is -0.137. The number of aliphatic imine (C=N–C) groups is 1. The number of pyridine rings is 1. The molecule has 0 saturated carbocycles. The zero-order valence-corrected chi connectivity index (χ0v) is 17.2. The summed E-state index contributed by atoms with van der Waals surface area (Å²) in [5.41, 5.74) is 1.70. The van der Waals surface area contributed by atoms with Crippen LogP contribution in [-0.4, -0.2) is 29.1 Å². The highest BCUT2D eigenvalue weighted by molar-refractivity contribution is 5.94. The molecule has 2 unspecified atom stereocenters. The van der Waals surface area contributed by atoms with Crippen molar-refractivity contribution in [3.05, 3.63) is 77.6 Å². The number of aromatic nitrogens is 2. The summed E-state index contributed by atoms with van der Waals surface area (Å²) in [6.45, 7) is 2.37. The van der Waals surface area contributed by atoms with Crippen molar-refractivity contribution in [2.75, 3.05) is 7.11 Å². The number of alkyl halides is 3. The van der Waals surface area contributed by atoms with E-state index in [1.807, 2.05) is 24.4 Å². The molecule has 0 bridgehead atoms. The van der Waals surface area contributed by atoms with E-state index in [0.717, 1.165) is 35.2 Å². The van der Waals surface area contributed by atoms with Crippen LogP contribution in [0.5, 0.6) is 0 Å². The van der Waals surface area contributed by atoms with Gasteiger partial charge in [-0.2, -0.15) is 13.2 Å². The lowest BCUT2D eigenvalue weighted by Gasteiger charge is -2.38. The number of methoxy groups -OCH3 is 1. The molecule has 8 heteroatoms. The lowest BCUT2D eigenvalue weighted by Crippen LogP contribution is -2.50. The van der Waals surface area contributed by atoms with Crippen molar-refractivity contribution < 1.29 is 17.9 Å². The van der Waals surface area contributed by atoms with Crippen molar-refractivity contribution >= 4 is 16.9 Å². The Morgan fingerprint density at radius 1 is 1.19 bits per heavy atom. The smallest absolute Gasteiger partial charge is 0.361 e. The number of hydrogen-bond donors (Lipinski definition) is 2. The van der Waals surface area contributed by atoms with Gasteiger partial charge in [-0.1, -0.05) is 25.1 Å². The molecular weight excluding hydrogens is 405 g/mol. The van der Waals surface area contributed by atoms with Crippen LogP contribution < -0.4 is 5.32 Å². The monoisotopic (exact) mass is 428 g/mol. The number of benzene rings is 1. The summed E-state index contributed by atoms with van der Waals surface area (Å²) in [5.74, 6) is 0.629. The standard InChI is InChI=1S/C23H23F3N4O/c1-22(12-16-14-29-20-18(16)4-3-11-27-20)10-9-19(30-21(22)31-2)28-13-15-5-7-17(8-6-15)23(24,25)26/h3-11,14,21H,12-13H2,1-2H3,(H,27,29)(H,28,30). The van der Waals surface area contributed by atoms with Crippen molar-refractivity contribution in [3.8, 4) is 0 Å². The number of halogens is 3. The van der Waals surface area contributed by atoms with E-state index in [9.17, 15) is 13.2 Å². The fourth-order valence-corrected chi connectivity index (χ4v) is 3.83. The minimum atomic E-state index is -4.34. The summed E-state index contributed by atoms with van der Waals surface area (Å²) < 4.78 is 43.8. The van der Waals surface area contributed by atoms with Gasteiger partial charge in [0.05, 0.1) is 12.1 Å². The van der Waals surface area contributed by atoms with E-state index in [1.54, 1.807) is 13.3 Å². The minimum Gasteiger partial charge on any atom is -0.361 e. The molecule has 2 N–H and O–H groups in total. The van der Waals surface area contributed by atoms with E-state index >= 15 is 0 Å². The quantitative estimate of drug-likeness (QED) is 0.610. The zero-order chi connectivity index (χ0) is 22.1. The Morgan fingerprint density at radius 2 is 1.97 bits per heavy atom. The maximum absolute atomic E-state index is 12.7. The number of H-pyrrole nitrogens is 1. The molecule has 1 aromatic carbocycles. The first kappa shape index (κ1) is 21.1. The SMILES string of the molecule is COC1NC(=NCc2ccc(C(F)(F)F)cc2)C=CC1(C)Cc1c[nH]c2ncccc12. The van der Waals surface area contributed by atoms with Crippen LogP contribution in [0.4, 0.5) is 13.2 Å². The summed E-state index contributed by atoms with van der Waals surface area (Å²) in [6.07, 6.45) is 3.76. The molecular formula is C23H23F3N4O. The van der Waals surface area contributed by atoms with Gasteiger partial charge in [0.15, 0.2) is 0 Å².